The van der Waals surface area contributed by atoms with Crippen molar-refractivity contribution in [3.05, 3.63) is 30.1 Å². The van der Waals surface area contributed by atoms with Gasteiger partial charge in [-0.25, -0.2) is 4.98 Å². The first-order valence-electron chi connectivity index (χ1n) is 4.97. The number of nitrogens with one attached hydrogen (secondary N) is 2. The SMILES string of the molecule is CNCCC#Cc1ccc2nc[nH]c2c1. The molecular formula is C12H13N3. The molecule has 0 atom stereocenters. The predicted molar refractivity (Wildman–Crippen MR) is 61.5 cm³/mol. The molecule has 0 aliphatic heterocycles. The van der Waals surface area contributed by atoms with Crippen LogP contribution in [0.15, 0.2) is 24.5 Å². The lowest BCUT2D eigenvalue weighted by Crippen LogP contribution is -2.05. The minimum absolute atomic E-state index is 0.873. The Bertz CT molecular complexity index is 502. The molecule has 2 aromatic rings. The Balaban J connectivity index is 2.16. The third-order valence-corrected chi connectivity index (χ3v) is 2.15. The molecule has 1 aromatic carbocycles. The van der Waals surface area contributed by atoms with Crippen molar-refractivity contribution in [3.63, 3.8) is 0 Å². The van der Waals surface area contributed by atoms with Crippen molar-refractivity contribution in [1.82, 2.24) is 15.3 Å². The van der Waals surface area contributed by atoms with Gasteiger partial charge in [-0.3, -0.25) is 0 Å². The van der Waals surface area contributed by atoms with Crippen LogP contribution in [0, 0.1) is 11.8 Å². The Hall–Kier alpha value is -1.79. The van der Waals surface area contributed by atoms with Gasteiger partial charge in [-0.05, 0) is 25.2 Å². The number of aromatic nitrogens is 2. The van der Waals surface area contributed by atoms with E-state index in [1.54, 1.807) is 6.33 Å². The summed E-state index contributed by atoms with van der Waals surface area (Å²) in [6, 6.07) is 6.00. The highest BCUT2D eigenvalue weighted by Gasteiger charge is 1.94. The standard InChI is InChI=1S/C12H13N3/c1-13-7-3-2-4-10-5-6-11-12(8-10)15-9-14-11/h5-6,8-9,13H,3,7H2,1H3,(H,14,15). The molecule has 0 aliphatic carbocycles. The maximum atomic E-state index is 4.16. The number of nitrogens with zero attached hydrogens (tertiary/aromatic N) is 1. The summed E-state index contributed by atoms with van der Waals surface area (Å²) in [5, 5.41) is 3.06. The van der Waals surface area contributed by atoms with E-state index in [1.807, 2.05) is 25.2 Å². The van der Waals surface area contributed by atoms with Crippen molar-refractivity contribution in [2.75, 3.05) is 13.6 Å². The molecular weight excluding hydrogens is 186 g/mol. The second kappa shape index (κ2) is 4.63. The van der Waals surface area contributed by atoms with Crippen LogP contribution < -0.4 is 5.32 Å². The quantitative estimate of drug-likeness (QED) is 0.568. The molecule has 1 heterocycles. The van der Waals surface area contributed by atoms with Crippen LogP contribution in [-0.2, 0) is 0 Å². The van der Waals surface area contributed by atoms with E-state index in [0.29, 0.717) is 0 Å². The van der Waals surface area contributed by atoms with Crippen LogP contribution in [0.5, 0.6) is 0 Å². The maximum Gasteiger partial charge on any atom is 0.0931 e. The van der Waals surface area contributed by atoms with E-state index in [0.717, 1.165) is 29.6 Å². The molecule has 0 fully saturated rings. The van der Waals surface area contributed by atoms with Gasteiger partial charge in [-0.15, -0.1) is 0 Å². The van der Waals surface area contributed by atoms with Crippen LogP contribution in [0.4, 0.5) is 0 Å². The molecule has 0 amide bonds. The van der Waals surface area contributed by atoms with E-state index in [1.165, 1.54) is 0 Å². The van der Waals surface area contributed by atoms with Gasteiger partial charge in [-0.2, -0.15) is 0 Å². The van der Waals surface area contributed by atoms with E-state index in [-0.39, 0.29) is 0 Å². The molecule has 76 valence electrons. The fourth-order valence-electron chi connectivity index (χ4n) is 1.37. The highest BCUT2D eigenvalue weighted by atomic mass is 14.9. The summed E-state index contributed by atoms with van der Waals surface area (Å²) >= 11 is 0. The minimum atomic E-state index is 0.873. The zero-order chi connectivity index (χ0) is 10.5. The summed E-state index contributed by atoms with van der Waals surface area (Å²) in [5.41, 5.74) is 3.05. The number of aromatic amines is 1. The summed E-state index contributed by atoms with van der Waals surface area (Å²) in [4.78, 5) is 7.23. The number of rotatable bonds is 2. The van der Waals surface area contributed by atoms with E-state index < -0.39 is 0 Å². The minimum Gasteiger partial charge on any atom is -0.345 e. The number of fused-ring (bicyclic) bond motifs is 1. The molecule has 0 radical (unpaired) electrons. The Kier molecular flexibility index (Phi) is 3.01. The summed E-state index contributed by atoms with van der Waals surface area (Å²) in [5.74, 6) is 6.24. The number of H-pyrrole nitrogens is 1. The second-order valence-electron chi connectivity index (χ2n) is 3.29. The van der Waals surface area contributed by atoms with E-state index in [4.69, 9.17) is 0 Å². The largest absolute Gasteiger partial charge is 0.345 e. The lowest BCUT2D eigenvalue weighted by molar-refractivity contribution is 0.818. The predicted octanol–water partition coefficient (Wildman–Crippen LogP) is 1.52. The summed E-state index contributed by atoms with van der Waals surface area (Å²) in [6.07, 6.45) is 2.57. The Morgan fingerprint density at radius 2 is 2.40 bits per heavy atom. The fraction of sp³-hybridized carbons (Fsp3) is 0.250. The number of benzene rings is 1. The maximum absolute atomic E-state index is 4.16. The van der Waals surface area contributed by atoms with E-state index in [2.05, 4.69) is 27.1 Å². The van der Waals surface area contributed by atoms with Gasteiger partial charge in [0.15, 0.2) is 0 Å². The molecule has 0 aliphatic rings. The first kappa shape index (κ1) is 9.75. The van der Waals surface area contributed by atoms with Crippen LogP contribution in [0.1, 0.15) is 12.0 Å². The van der Waals surface area contributed by atoms with Gasteiger partial charge in [0, 0.05) is 18.5 Å². The molecule has 0 spiro atoms. The molecule has 0 bridgehead atoms. The third kappa shape index (κ3) is 2.36. The number of hydrogen-bond acceptors (Lipinski definition) is 2. The monoisotopic (exact) mass is 199 g/mol. The fourth-order valence-corrected chi connectivity index (χ4v) is 1.37. The highest BCUT2D eigenvalue weighted by Crippen LogP contribution is 2.10. The molecule has 2 rings (SSSR count). The molecule has 1 aromatic heterocycles. The molecule has 15 heavy (non-hydrogen) atoms. The molecule has 0 saturated heterocycles. The molecule has 3 nitrogen and oxygen atoms in total. The summed E-state index contributed by atoms with van der Waals surface area (Å²) in [6.45, 7) is 0.930. The van der Waals surface area contributed by atoms with Crippen molar-refractivity contribution in [2.45, 2.75) is 6.42 Å². The van der Waals surface area contributed by atoms with Crippen molar-refractivity contribution in [2.24, 2.45) is 0 Å². The second-order valence-corrected chi connectivity index (χ2v) is 3.29. The smallest absolute Gasteiger partial charge is 0.0931 e. The van der Waals surface area contributed by atoms with Crippen LogP contribution >= 0.6 is 0 Å². The lowest BCUT2D eigenvalue weighted by atomic mass is 10.2. The topological polar surface area (TPSA) is 40.7 Å². The van der Waals surface area contributed by atoms with Gasteiger partial charge in [0.05, 0.1) is 17.4 Å². The Morgan fingerprint density at radius 3 is 3.27 bits per heavy atom. The van der Waals surface area contributed by atoms with Gasteiger partial charge >= 0.3 is 0 Å². The van der Waals surface area contributed by atoms with Gasteiger partial charge in [0.2, 0.25) is 0 Å². The molecule has 0 unspecified atom stereocenters. The van der Waals surface area contributed by atoms with Gasteiger partial charge in [-0.1, -0.05) is 11.8 Å². The average molecular weight is 199 g/mol. The Labute approximate surface area is 88.9 Å². The molecule has 3 heteroatoms. The van der Waals surface area contributed by atoms with Crippen molar-refractivity contribution < 1.29 is 0 Å². The zero-order valence-corrected chi connectivity index (χ0v) is 8.67. The number of hydrogen-bond donors (Lipinski definition) is 2. The van der Waals surface area contributed by atoms with Gasteiger partial charge in [0.25, 0.3) is 0 Å². The third-order valence-electron chi connectivity index (χ3n) is 2.15. The van der Waals surface area contributed by atoms with Crippen molar-refractivity contribution in [1.29, 1.82) is 0 Å². The zero-order valence-electron chi connectivity index (χ0n) is 8.67. The van der Waals surface area contributed by atoms with E-state index >= 15 is 0 Å². The Morgan fingerprint density at radius 1 is 1.47 bits per heavy atom. The average Bonchev–Trinajstić information content (AvgIpc) is 2.71. The van der Waals surface area contributed by atoms with Crippen molar-refractivity contribution >= 4 is 11.0 Å². The number of imidazole rings is 1. The van der Waals surface area contributed by atoms with Crippen LogP contribution in [0.2, 0.25) is 0 Å². The molecule has 0 saturated carbocycles. The van der Waals surface area contributed by atoms with Gasteiger partial charge in [0.1, 0.15) is 0 Å². The highest BCUT2D eigenvalue weighted by molar-refractivity contribution is 5.76. The normalized spacial score (nSPS) is 9.93. The van der Waals surface area contributed by atoms with E-state index in [9.17, 15) is 0 Å². The lowest BCUT2D eigenvalue weighted by Gasteiger charge is -1.91. The molecule has 2 N–H and O–H groups in total. The van der Waals surface area contributed by atoms with Crippen LogP contribution in [0.3, 0.4) is 0 Å². The van der Waals surface area contributed by atoms with Crippen molar-refractivity contribution in [3.8, 4) is 11.8 Å². The van der Waals surface area contributed by atoms with Crippen LogP contribution in [-0.4, -0.2) is 23.6 Å². The van der Waals surface area contributed by atoms with Crippen LogP contribution in [0.25, 0.3) is 11.0 Å². The summed E-state index contributed by atoms with van der Waals surface area (Å²) < 4.78 is 0. The first-order valence-corrected chi connectivity index (χ1v) is 4.97. The van der Waals surface area contributed by atoms with Gasteiger partial charge < -0.3 is 10.3 Å². The first-order chi connectivity index (χ1) is 7.40. The summed E-state index contributed by atoms with van der Waals surface area (Å²) in [7, 11) is 1.93.